The van der Waals surface area contributed by atoms with Crippen molar-refractivity contribution in [1.29, 1.82) is 0 Å². The number of hydrogen-bond donors (Lipinski definition) is 4. The average molecular weight is 965 g/mol. The second-order valence-corrected chi connectivity index (χ2v) is 16.6. The van der Waals surface area contributed by atoms with Crippen molar-refractivity contribution in [2.24, 2.45) is 0 Å². The highest BCUT2D eigenvalue weighted by Gasteiger charge is 2.48. The minimum Gasteiger partial charge on any atom is -0.469 e. The molecule has 0 aromatic carbocycles. The average Bonchev–Trinajstić information content (AvgIpc) is 4.01. The van der Waals surface area contributed by atoms with E-state index < -0.39 is 65.6 Å². The zero-order valence-corrected chi connectivity index (χ0v) is 40.3. The van der Waals surface area contributed by atoms with E-state index in [4.69, 9.17) is 37.9 Å². The Labute approximate surface area is 398 Å². The first-order valence-electron chi connectivity index (χ1n) is 22.2. The lowest BCUT2D eigenvalue weighted by Crippen LogP contribution is -2.49. The number of rotatable bonds is 20. The van der Waals surface area contributed by atoms with Gasteiger partial charge in [0.25, 0.3) is 0 Å². The van der Waals surface area contributed by atoms with Crippen LogP contribution in [0.25, 0.3) is 0 Å². The maximum absolute atomic E-state index is 14.5. The maximum Gasteiger partial charge on any atom is 0.310 e. The Balaban J connectivity index is 1.97. The number of hydrogen-bond acceptors (Lipinski definition) is 17. The standard InChI is InChI=1S/C48H60N4O17/c1-62-39(53)13-9-25-29(17-43(57)66-5)35-22-34-26(10-14-40(54)63-2)31(19-45(59)68-7)38(50-34)24-48(32(20-46(60)69-8)28(47(61)52-48)12-16-42(56)65-4)23-37-27(11-15-41(55)64-3)30(18-44(58)67-6)36(51-37)21-33(25)49-35/h49-51H,9-24H2,1-8H3,(H,52,61). The van der Waals surface area contributed by atoms with Crippen LogP contribution in [0.5, 0.6) is 0 Å². The molecule has 1 spiro atoms. The minimum atomic E-state index is -1.56. The van der Waals surface area contributed by atoms with E-state index in [1.807, 2.05) is 0 Å². The molecule has 0 aliphatic carbocycles. The number of esters is 8. The molecule has 5 rings (SSSR count). The number of carbonyl (C=O) groups excluding carboxylic acids is 9. The third-order valence-electron chi connectivity index (χ3n) is 12.8. The van der Waals surface area contributed by atoms with E-state index in [0.29, 0.717) is 67.5 Å². The third kappa shape index (κ3) is 12.5. The Hall–Kier alpha value is -7.19. The van der Waals surface area contributed by atoms with Crippen LogP contribution in [0, 0.1) is 0 Å². The smallest absolute Gasteiger partial charge is 0.310 e. The third-order valence-corrected chi connectivity index (χ3v) is 12.8. The second-order valence-electron chi connectivity index (χ2n) is 16.6. The molecule has 21 heteroatoms. The van der Waals surface area contributed by atoms with E-state index in [-0.39, 0.29) is 107 Å². The quantitative estimate of drug-likeness (QED) is 0.0932. The highest BCUT2D eigenvalue weighted by molar-refractivity contribution is 6.00. The number of ether oxygens (including phenoxy) is 8. The van der Waals surface area contributed by atoms with Gasteiger partial charge in [-0.3, -0.25) is 43.2 Å². The van der Waals surface area contributed by atoms with E-state index in [1.54, 1.807) is 0 Å². The normalized spacial score (nSPS) is 15.2. The number of carbonyl (C=O) groups is 9. The molecule has 5 heterocycles. The van der Waals surface area contributed by atoms with Crippen LogP contribution < -0.4 is 5.32 Å². The summed E-state index contributed by atoms with van der Waals surface area (Å²) >= 11 is 0. The number of aromatic nitrogens is 3. The Morgan fingerprint density at radius 3 is 1.06 bits per heavy atom. The van der Waals surface area contributed by atoms with Crippen LogP contribution in [0.15, 0.2) is 11.1 Å². The molecular formula is C48H60N4O17. The van der Waals surface area contributed by atoms with Gasteiger partial charge >= 0.3 is 47.8 Å². The number of nitrogens with one attached hydrogen (secondary N) is 4. The molecule has 1 atom stereocenters. The lowest BCUT2D eigenvalue weighted by atomic mass is 9.77. The van der Waals surface area contributed by atoms with Crippen molar-refractivity contribution in [3.05, 3.63) is 78.7 Å². The van der Waals surface area contributed by atoms with Gasteiger partial charge in [0.15, 0.2) is 0 Å². The van der Waals surface area contributed by atoms with Crippen molar-refractivity contribution in [1.82, 2.24) is 20.3 Å². The van der Waals surface area contributed by atoms with Crippen molar-refractivity contribution in [2.75, 3.05) is 56.9 Å². The zero-order valence-electron chi connectivity index (χ0n) is 40.3. The van der Waals surface area contributed by atoms with Gasteiger partial charge in [-0.05, 0) is 64.6 Å². The Kier molecular flexibility index (Phi) is 18.1. The van der Waals surface area contributed by atoms with Gasteiger partial charge in [-0.2, -0.15) is 0 Å². The summed E-state index contributed by atoms with van der Waals surface area (Å²) in [5, 5.41) is 3.16. The van der Waals surface area contributed by atoms with E-state index >= 15 is 0 Å². The molecule has 69 heavy (non-hydrogen) atoms. The first-order chi connectivity index (χ1) is 33.0. The SMILES string of the molecule is COC(=O)CCC1=C(CC(=O)OC)C2(Cc3[nH]c(c(CC(=O)OC)c3CCC(=O)OC)Cc3[nH]c(c(CC(=O)OC)c3CCC(=O)OC)Cc3[nH]c(c(CC(=O)OC)c3CCC(=O)OC)C2)NC1=O. The van der Waals surface area contributed by atoms with Crippen molar-refractivity contribution in [3.8, 4) is 0 Å². The summed E-state index contributed by atoms with van der Waals surface area (Å²) in [5.74, 6) is -5.38. The Bertz CT molecular complexity index is 2520. The predicted octanol–water partition coefficient (Wildman–Crippen LogP) is 2.10. The van der Waals surface area contributed by atoms with Gasteiger partial charge in [0.1, 0.15) is 0 Å². The van der Waals surface area contributed by atoms with Crippen LogP contribution in [0.1, 0.15) is 106 Å². The molecule has 1 amide bonds. The largest absolute Gasteiger partial charge is 0.469 e. The molecule has 374 valence electrons. The van der Waals surface area contributed by atoms with Gasteiger partial charge in [-0.15, -0.1) is 0 Å². The van der Waals surface area contributed by atoms with E-state index in [1.165, 1.54) is 56.9 Å². The van der Waals surface area contributed by atoms with E-state index in [0.717, 1.165) is 0 Å². The Morgan fingerprint density at radius 2 is 0.681 bits per heavy atom. The van der Waals surface area contributed by atoms with Gasteiger partial charge in [0, 0.05) is 91.1 Å². The summed E-state index contributed by atoms with van der Waals surface area (Å²) < 4.78 is 40.6. The predicted molar refractivity (Wildman–Crippen MR) is 239 cm³/mol. The molecule has 4 N–H and O–H groups in total. The van der Waals surface area contributed by atoms with Crippen LogP contribution in [0.4, 0.5) is 0 Å². The molecule has 2 aliphatic rings. The molecule has 0 radical (unpaired) electrons. The fourth-order valence-electron chi connectivity index (χ4n) is 9.38. The molecule has 6 bridgehead atoms. The van der Waals surface area contributed by atoms with Crippen molar-refractivity contribution < 1.29 is 81.0 Å². The summed E-state index contributed by atoms with van der Waals surface area (Å²) in [6.07, 6.45) is -1.96. The van der Waals surface area contributed by atoms with Gasteiger partial charge < -0.3 is 58.2 Å². The number of aromatic amines is 3. The highest BCUT2D eigenvalue weighted by Crippen LogP contribution is 2.42. The lowest BCUT2D eigenvalue weighted by Gasteiger charge is -2.33. The summed E-state index contributed by atoms with van der Waals surface area (Å²) in [5.41, 5.74) is 4.73. The summed E-state index contributed by atoms with van der Waals surface area (Å²) in [7, 11) is 9.87. The van der Waals surface area contributed by atoms with Crippen molar-refractivity contribution >= 4 is 53.7 Å². The van der Waals surface area contributed by atoms with Crippen LogP contribution in [0.2, 0.25) is 0 Å². The van der Waals surface area contributed by atoms with Crippen LogP contribution in [0.3, 0.4) is 0 Å². The van der Waals surface area contributed by atoms with Crippen LogP contribution >= 0.6 is 0 Å². The van der Waals surface area contributed by atoms with Gasteiger partial charge in [-0.1, -0.05) is 0 Å². The Morgan fingerprint density at radius 1 is 0.391 bits per heavy atom. The molecule has 0 saturated heterocycles. The van der Waals surface area contributed by atoms with Gasteiger partial charge in [0.2, 0.25) is 5.91 Å². The molecule has 2 aliphatic heterocycles. The molecular weight excluding hydrogens is 905 g/mol. The molecule has 0 fully saturated rings. The van der Waals surface area contributed by atoms with Crippen molar-refractivity contribution in [2.45, 2.75) is 108 Å². The summed E-state index contributed by atoms with van der Waals surface area (Å²) in [6, 6.07) is 0. The summed E-state index contributed by atoms with van der Waals surface area (Å²) in [6.45, 7) is 0. The molecule has 0 saturated carbocycles. The number of methoxy groups -OCH3 is 8. The topological polar surface area (TPSA) is 287 Å². The second kappa shape index (κ2) is 23.7. The van der Waals surface area contributed by atoms with Gasteiger partial charge in [0.05, 0.1) is 88.1 Å². The summed E-state index contributed by atoms with van der Waals surface area (Å²) in [4.78, 5) is 130. The van der Waals surface area contributed by atoms with Crippen molar-refractivity contribution in [3.63, 3.8) is 0 Å². The lowest BCUT2D eigenvalue weighted by molar-refractivity contribution is -0.141. The maximum atomic E-state index is 14.5. The first kappa shape index (κ1) is 52.8. The van der Waals surface area contributed by atoms with E-state index in [2.05, 4.69) is 20.3 Å². The fourth-order valence-corrected chi connectivity index (χ4v) is 9.38. The molecule has 3 aromatic rings. The molecule has 3 aromatic heterocycles. The number of amides is 1. The minimum absolute atomic E-state index is 0.0246. The van der Waals surface area contributed by atoms with Crippen LogP contribution in [-0.4, -0.2) is 131 Å². The molecule has 1 unspecified atom stereocenters. The van der Waals surface area contributed by atoms with Gasteiger partial charge in [-0.25, -0.2) is 0 Å². The number of fused-ring (bicyclic) bond motifs is 6. The van der Waals surface area contributed by atoms with Crippen LogP contribution in [-0.2, 0) is 145 Å². The fraction of sp³-hybridized carbons (Fsp3) is 0.521. The zero-order chi connectivity index (χ0) is 50.6. The molecule has 21 nitrogen and oxygen atoms in total. The highest BCUT2D eigenvalue weighted by atomic mass is 16.5. The number of H-pyrrole nitrogens is 3. The van der Waals surface area contributed by atoms with E-state index in [9.17, 15) is 43.2 Å². The monoisotopic (exact) mass is 964 g/mol. The first-order valence-corrected chi connectivity index (χ1v) is 22.2.